The normalized spacial score (nSPS) is 20.3. The molecule has 0 aromatic rings. The molecular weight excluding hydrogens is 234 g/mol. The quantitative estimate of drug-likeness (QED) is 0.696. The third kappa shape index (κ3) is 5.12. The lowest BCUT2D eigenvalue weighted by Crippen LogP contribution is -2.47. The molecule has 0 spiro atoms. The molecular formula is C16H31N3. The van der Waals surface area contributed by atoms with Crippen LogP contribution in [0.3, 0.4) is 0 Å². The first-order valence-electron chi connectivity index (χ1n) is 7.83. The van der Waals surface area contributed by atoms with Crippen LogP contribution >= 0.6 is 0 Å². The largest absolute Gasteiger partial charge is 0.303 e. The standard InChI is InChI=1S/C16H31N3/c1-6-16(12-17,18-13(2)3)10-7-11-19(5)14(4)15-8-9-15/h13-15,18H,6-11H2,1-5H3. The summed E-state index contributed by atoms with van der Waals surface area (Å²) in [6, 6.07) is 3.57. The van der Waals surface area contributed by atoms with Gasteiger partial charge in [-0.1, -0.05) is 6.92 Å². The zero-order valence-electron chi connectivity index (χ0n) is 13.4. The fraction of sp³-hybridized carbons (Fsp3) is 0.938. The van der Waals surface area contributed by atoms with Crippen LogP contribution in [0.1, 0.15) is 59.8 Å². The molecule has 2 unspecified atom stereocenters. The molecule has 0 aliphatic heterocycles. The smallest absolute Gasteiger partial charge is 0.106 e. The summed E-state index contributed by atoms with van der Waals surface area (Å²) >= 11 is 0. The van der Waals surface area contributed by atoms with Gasteiger partial charge in [-0.25, -0.2) is 0 Å². The molecule has 1 saturated carbocycles. The average molecular weight is 265 g/mol. The SMILES string of the molecule is CCC(C#N)(CCCN(C)C(C)C1CC1)NC(C)C. The Hall–Kier alpha value is -0.590. The Morgan fingerprint density at radius 1 is 1.37 bits per heavy atom. The highest BCUT2D eigenvalue weighted by molar-refractivity contribution is 5.06. The molecule has 1 rings (SSSR count). The fourth-order valence-electron chi connectivity index (χ4n) is 2.84. The number of nitriles is 1. The molecule has 3 heteroatoms. The number of rotatable bonds is 9. The zero-order valence-corrected chi connectivity index (χ0v) is 13.4. The first-order valence-corrected chi connectivity index (χ1v) is 7.83. The Balaban J connectivity index is 2.37. The Kier molecular flexibility index (Phi) is 6.29. The molecule has 1 N–H and O–H groups in total. The molecule has 3 nitrogen and oxygen atoms in total. The maximum absolute atomic E-state index is 9.47. The Labute approximate surface area is 119 Å². The molecule has 0 radical (unpaired) electrons. The predicted octanol–water partition coefficient (Wildman–Crippen LogP) is 3.17. The van der Waals surface area contributed by atoms with E-state index in [2.05, 4.69) is 51.0 Å². The summed E-state index contributed by atoms with van der Waals surface area (Å²) in [6.45, 7) is 9.77. The van der Waals surface area contributed by atoms with Crippen LogP contribution in [-0.4, -0.2) is 36.1 Å². The topological polar surface area (TPSA) is 39.1 Å². The second kappa shape index (κ2) is 7.26. The van der Waals surface area contributed by atoms with Crippen LogP contribution in [0.2, 0.25) is 0 Å². The highest BCUT2D eigenvalue weighted by atomic mass is 15.1. The van der Waals surface area contributed by atoms with Crippen molar-refractivity contribution in [1.82, 2.24) is 10.2 Å². The van der Waals surface area contributed by atoms with Gasteiger partial charge in [-0.05, 0) is 72.4 Å². The number of nitrogens with one attached hydrogen (secondary N) is 1. The summed E-state index contributed by atoms with van der Waals surface area (Å²) in [5.41, 5.74) is -0.335. The molecule has 19 heavy (non-hydrogen) atoms. The van der Waals surface area contributed by atoms with Crippen molar-refractivity contribution in [1.29, 1.82) is 5.26 Å². The molecule has 0 bridgehead atoms. The first-order chi connectivity index (χ1) is 8.94. The van der Waals surface area contributed by atoms with Crippen LogP contribution in [0.4, 0.5) is 0 Å². The minimum absolute atomic E-state index is 0.335. The summed E-state index contributed by atoms with van der Waals surface area (Å²) in [4.78, 5) is 2.46. The molecule has 0 aromatic carbocycles. The van der Waals surface area contributed by atoms with Gasteiger partial charge in [0.1, 0.15) is 5.54 Å². The van der Waals surface area contributed by atoms with Gasteiger partial charge in [-0.15, -0.1) is 0 Å². The second-order valence-corrected chi connectivity index (χ2v) is 6.51. The van der Waals surface area contributed by atoms with E-state index in [-0.39, 0.29) is 5.54 Å². The van der Waals surface area contributed by atoms with Gasteiger partial charge >= 0.3 is 0 Å². The average Bonchev–Trinajstić information content (AvgIpc) is 3.20. The summed E-state index contributed by atoms with van der Waals surface area (Å²) in [5, 5.41) is 12.9. The van der Waals surface area contributed by atoms with E-state index in [0.29, 0.717) is 12.1 Å². The number of hydrogen-bond donors (Lipinski definition) is 1. The lowest BCUT2D eigenvalue weighted by atomic mass is 9.91. The van der Waals surface area contributed by atoms with E-state index in [4.69, 9.17) is 0 Å². The van der Waals surface area contributed by atoms with Crippen LogP contribution in [0.25, 0.3) is 0 Å². The fourth-order valence-corrected chi connectivity index (χ4v) is 2.84. The van der Waals surface area contributed by atoms with Crippen molar-refractivity contribution in [3.05, 3.63) is 0 Å². The first kappa shape index (κ1) is 16.5. The van der Waals surface area contributed by atoms with Crippen molar-refractivity contribution in [3.8, 4) is 6.07 Å². The minimum atomic E-state index is -0.335. The van der Waals surface area contributed by atoms with E-state index in [0.717, 1.165) is 31.7 Å². The third-order valence-corrected chi connectivity index (χ3v) is 4.50. The van der Waals surface area contributed by atoms with Crippen LogP contribution < -0.4 is 5.32 Å². The van der Waals surface area contributed by atoms with Crippen molar-refractivity contribution in [2.75, 3.05) is 13.6 Å². The van der Waals surface area contributed by atoms with Gasteiger partial charge in [0.2, 0.25) is 0 Å². The van der Waals surface area contributed by atoms with E-state index in [9.17, 15) is 5.26 Å². The Morgan fingerprint density at radius 3 is 2.42 bits per heavy atom. The highest BCUT2D eigenvalue weighted by Gasteiger charge is 2.31. The molecule has 1 aliphatic rings. The van der Waals surface area contributed by atoms with E-state index >= 15 is 0 Å². The van der Waals surface area contributed by atoms with E-state index < -0.39 is 0 Å². The van der Waals surface area contributed by atoms with Crippen LogP contribution in [0.5, 0.6) is 0 Å². The predicted molar refractivity (Wildman–Crippen MR) is 81.0 cm³/mol. The summed E-state index contributed by atoms with van der Waals surface area (Å²) in [6.07, 6.45) is 5.72. The van der Waals surface area contributed by atoms with Gasteiger partial charge in [-0.2, -0.15) is 5.26 Å². The number of nitrogens with zero attached hydrogens (tertiary/aromatic N) is 2. The molecule has 110 valence electrons. The van der Waals surface area contributed by atoms with Gasteiger partial charge in [0.25, 0.3) is 0 Å². The van der Waals surface area contributed by atoms with E-state index in [1.54, 1.807) is 0 Å². The Morgan fingerprint density at radius 2 is 2.00 bits per heavy atom. The maximum atomic E-state index is 9.47. The molecule has 1 fully saturated rings. The molecule has 2 atom stereocenters. The zero-order chi connectivity index (χ0) is 14.5. The molecule has 0 aromatic heterocycles. The monoisotopic (exact) mass is 265 g/mol. The Bertz CT molecular complexity index is 304. The van der Waals surface area contributed by atoms with Crippen molar-refractivity contribution >= 4 is 0 Å². The molecule has 0 amide bonds. The van der Waals surface area contributed by atoms with Gasteiger partial charge < -0.3 is 4.90 Å². The van der Waals surface area contributed by atoms with Crippen LogP contribution in [-0.2, 0) is 0 Å². The van der Waals surface area contributed by atoms with Gasteiger partial charge in [-0.3, -0.25) is 5.32 Å². The van der Waals surface area contributed by atoms with Crippen LogP contribution in [0.15, 0.2) is 0 Å². The van der Waals surface area contributed by atoms with Crippen LogP contribution in [0, 0.1) is 17.2 Å². The second-order valence-electron chi connectivity index (χ2n) is 6.51. The minimum Gasteiger partial charge on any atom is -0.303 e. The summed E-state index contributed by atoms with van der Waals surface area (Å²) in [5.74, 6) is 0.922. The lowest BCUT2D eigenvalue weighted by molar-refractivity contribution is 0.218. The molecule has 0 heterocycles. The van der Waals surface area contributed by atoms with Crippen molar-refractivity contribution in [2.45, 2.75) is 77.4 Å². The molecule has 1 aliphatic carbocycles. The van der Waals surface area contributed by atoms with Gasteiger partial charge in [0, 0.05) is 12.1 Å². The lowest BCUT2D eigenvalue weighted by Gasteiger charge is -2.31. The molecule has 0 saturated heterocycles. The summed E-state index contributed by atoms with van der Waals surface area (Å²) < 4.78 is 0. The van der Waals surface area contributed by atoms with Gasteiger partial charge in [0.15, 0.2) is 0 Å². The van der Waals surface area contributed by atoms with E-state index in [1.807, 2.05) is 0 Å². The van der Waals surface area contributed by atoms with Crippen molar-refractivity contribution in [2.24, 2.45) is 5.92 Å². The number of hydrogen-bond acceptors (Lipinski definition) is 3. The van der Waals surface area contributed by atoms with Gasteiger partial charge in [0.05, 0.1) is 6.07 Å². The van der Waals surface area contributed by atoms with Crippen molar-refractivity contribution < 1.29 is 0 Å². The highest BCUT2D eigenvalue weighted by Crippen LogP contribution is 2.34. The van der Waals surface area contributed by atoms with E-state index in [1.165, 1.54) is 12.8 Å². The third-order valence-electron chi connectivity index (χ3n) is 4.50. The van der Waals surface area contributed by atoms with Crippen molar-refractivity contribution in [3.63, 3.8) is 0 Å². The maximum Gasteiger partial charge on any atom is 0.106 e. The summed E-state index contributed by atoms with van der Waals surface area (Å²) in [7, 11) is 2.22.